The summed E-state index contributed by atoms with van der Waals surface area (Å²) in [7, 11) is -3.41. The molecule has 6 heteroatoms. The maximum atomic E-state index is 13.0. The Morgan fingerprint density at radius 3 is 2.76 bits per heavy atom. The summed E-state index contributed by atoms with van der Waals surface area (Å²) < 4.78 is 27.6. The van der Waals surface area contributed by atoms with Crippen LogP contribution in [0, 0.1) is 0 Å². The van der Waals surface area contributed by atoms with Gasteiger partial charge in [0.2, 0.25) is 10.0 Å². The van der Waals surface area contributed by atoms with Crippen LogP contribution in [0.5, 0.6) is 0 Å². The van der Waals surface area contributed by atoms with E-state index in [0.29, 0.717) is 24.0 Å². The monoisotopic (exact) mass is 328 g/mol. The van der Waals surface area contributed by atoms with Crippen molar-refractivity contribution in [3.05, 3.63) is 29.8 Å². The third kappa shape index (κ3) is 4.00. The van der Waals surface area contributed by atoms with Gasteiger partial charge in [0.25, 0.3) is 0 Å². The summed E-state index contributed by atoms with van der Waals surface area (Å²) in [5.41, 5.74) is 0.844. The second-order valence-electron chi connectivity index (χ2n) is 5.68. The van der Waals surface area contributed by atoms with Crippen LogP contribution in [0.3, 0.4) is 0 Å². The lowest BCUT2D eigenvalue weighted by Gasteiger charge is -2.32. The van der Waals surface area contributed by atoms with Gasteiger partial charge >= 0.3 is 0 Å². The van der Waals surface area contributed by atoms with Crippen molar-refractivity contribution in [2.45, 2.75) is 44.3 Å². The second kappa shape index (κ2) is 7.13. The molecule has 1 unspecified atom stereocenters. The van der Waals surface area contributed by atoms with Crippen molar-refractivity contribution in [3.63, 3.8) is 0 Å². The Labute approximate surface area is 132 Å². The first-order valence-corrected chi connectivity index (χ1v) is 9.93. The number of hydrogen-bond acceptors (Lipinski definition) is 4. The van der Waals surface area contributed by atoms with Crippen molar-refractivity contribution in [1.29, 1.82) is 0 Å². The Morgan fingerprint density at radius 1 is 1.38 bits per heavy atom. The van der Waals surface area contributed by atoms with E-state index >= 15 is 0 Å². The van der Waals surface area contributed by atoms with Crippen molar-refractivity contribution in [1.82, 2.24) is 9.62 Å². The van der Waals surface area contributed by atoms with Crippen LogP contribution in [-0.4, -0.2) is 42.9 Å². The highest BCUT2D eigenvalue weighted by Gasteiger charge is 2.32. The Kier molecular flexibility index (Phi) is 5.71. The van der Waals surface area contributed by atoms with Gasteiger partial charge in [0.1, 0.15) is 0 Å². The minimum absolute atomic E-state index is 0.0554. The SMILES string of the molecule is CC(C)NCc1ccccc1S(=O)(=O)N1CCSCC1C. The van der Waals surface area contributed by atoms with Gasteiger partial charge in [0.05, 0.1) is 4.90 Å². The minimum Gasteiger partial charge on any atom is -0.310 e. The molecule has 1 aromatic rings. The van der Waals surface area contributed by atoms with Crippen molar-refractivity contribution in [2.24, 2.45) is 0 Å². The van der Waals surface area contributed by atoms with Crippen LogP contribution in [0.4, 0.5) is 0 Å². The summed E-state index contributed by atoms with van der Waals surface area (Å²) in [6, 6.07) is 7.69. The van der Waals surface area contributed by atoms with E-state index in [1.807, 2.05) is 30.8 Å². The third-order valence-corrected chi connectivity index (χ3v) is 6.87. The normalized spacial score (nSPS) is 20.9. The topological polar surface area (TPSA) is 49.4 Å². The molecule has 1 saturated heterocycles. The maximum absolute atomic E-state index is 13.0. The molecule has 1 aliphatic heterocycles. The summed E-state index contributed by atoms with van der Waals surface area (Å²) in [6.45, 7) is 7.27. The summed E-state index contributed by atoms with van der Waals surface area (Å²) in [5, 5.41) is 3.30. The predicted octanol–water partition coefficient (Wildman–Crippen LogP) is 2.31. The molecule has 1 atom stereocenters. The molecule has 2 rings (SSSR count). The summed E-state index contributed by atoms with van der Waals surface area (Å²) in [6.07, 6.45) is 0. The lowest BCUT2D eigenvalue weighted by molar-refractivity contribution is 0.367. The van der Waals surface area contributed by atoms with Crippen LogP contribution in [0.25, 0.3) is 0 Å². The molecule has 4 nitrogen and oxygen atoms in total. The van der Waals surface area contributed by atoms with Crippen molar-refractivity contribution >= 4 is 21.8 Å². The third-order valence-electron chi connectivity index (χ3n) is 3.57. The van der Waals surface area contributed by atoms with E-state index in [0.717, 1.165) is 17.1 Å². The molecule has 1 fully saturated rings. The molecule has 0 radical (unpaired) electrons. The lowest BCUT2D eigenvalue weighted by Crippen LogP contribution is -2.44. The van der Waals surface area contributed by atoms with Gasteiger partial charge in [-0.25, -0.2) is 8.42 Å². The molecule has 0 aliphatic carbocycles. The molecular formula is C15H24N2O2S2. The van der Waals surface area contributed by atoms with Crippen molar-refractivity contribution in [2.75, 3.05) is 18.1 Å². The van der Waals surface area contributed by atoms with Crippen molar-refractivity contribution < 1.29 is 8.42 Å². The Morgan fingerprint density at radius 2 is 2.10 bits per heavy atom. The van der Waals surface area contributed by atoms with Gasteiger partial charge < -0.3 is 5.32 Å². The predicted molar refractivity (Wildman–Crippen MR) is 89.1 cm³/mol. The van der Waals surface area contributed by atoms with Crippen LogP contribution in [0.15, 0.2) is 29.2 Å². The molecule has 0 saturated carbocycles. The number of nitrogens with one attached hydrogen (secondary N) is 1. The standard InChI is InChI=1S/C15H24N2O2S2/c1-12(2)16-10-14-6-4-5-7-15(14)21(18,19)17-8-9-20-11-13(17)3/h4-7,12-13,16H,8-11H2,1-3H3. The number of sulfonamides is 1. The summed E-state index contributed by atoms with van der Waals surface area (Å²) in [4.78, 5) is 0.442. The van der Waals surface area contributed by atoms with E-state index in [1.165, 1.54) is 0 Å². The Hall–Kier alpha value is -0.560. The van der Waals surface area contributed by atoms with E-state index < -0.39 is 10.0 Å². The van der Waals surface area contributed by atoms with Crippen LogP contribution in [0.2, 0.25) is 0 Å². The van der Waals surface area contributed by atoms with E-state index in [2.05, 4.69) is 19.2 Å². The molecule has 1 N–H and O–H groups in total. The van der Waals surface area contributed by atoms with Gasteiger partial charge in [-0.05, 0) is 18.6 Å². The van der Waals surface area contributed by atoms with Gasteiger partial charge in [-0.2, -0.15) is 16.1 Å². The first-order valence-electron chi connectivity index (χ1n) is 7.34. The van der Waals surface area contributed by atoms with Crippen molar-refractivity contribution in [3.8, 4) is 0 Å². The highest BCUT2D eigenvalue weighted by atomic mass is 32.2. The molecule has 118 valence electrons. The number of rotatable bonds is 5. The molecule has 0 aromatic heterocycles. The quantitative estimate of drug-likeness (QED) is 0.901. The lowest BCUT2D eigenvalue weighted by atomic mass is 10.2. The Bertz CT molecular complexity index is 573. The molecule has 0 spiro atoms. The molecule has 0 amide bonds. The molecule has 1 aromatic carbocycles. The number of thioether (sulfide) groups is 1. The van der Waals surface area contributed by atoms with Gasteiger partial charge in [-0.15, -0.1) is 0 Å². The summed E-state index contributed by atoms with van der Waals surface area (Å²) in [5.74, 6) is 1.74. The van der Waals surface area contributed by atoms with Crippen LogP contribution >= 0.6 is 11.8 Å². The van der Waals surface area contributed by atoms with Gasteiger partial charge in [0.15, 0.2) is 0 Å². The van der Waals surface area contributed by atoms with Crippen LogP contribution in [0.1, 0.15) is 26.3 Å². The molecule has 1 heterocycles. The highest BCUT2D eigenvalue weighted by molar-refractivity contribution is 7.99. The zero-order valence-corrected chi connectivity index (χ0v) is 14.5. The fraction of sp³-hybridized carbons (Fsp3) is 0.600. The average molecular weight is 329 g/mol. The Balaban J connectivity index is 2.31. The van der Waals surface area contributed by atoms with Crippen LogP contribution < -0.4 is 5.32 Å². The van der Waals surface area contributed by atoms with E-state index in [1.54, 1.807) is 16.4 Å². The zero-order valence-electron chi connectivity index (χ0n) is 12.9. The van der Waals surface area contributed by atoms with Gasteiger partial charge in [-0.3, -0.25) is 0 Å². The van der Waals surface area contributed by atoms with Gasteiger partial charge in [0, 0.05) is 36.7 Å². The van der Waals surface area contributed by atoms with Gasteiger partial charge in [-0.1, -0.05) is 32.0 Å². The second-order valence-corrected chi connectivity index (χ2v) is 8.69. The fourth-order valence-corrected chi connectivity index (χ4v) is 5.49. The largest absolute Gasteiger partial charge is 0.310 e. The number of nitrogens with zero attached hydrogens (tertiary/aromatic N) is 1. The number of hydrogen-bond donors (Lipinski definition) is 1. The average Bonchev–Trinajstić information content (AvgIpc) is 2.45. The molecular weight excluding hydrogens is 304 g/mol. The summed E-state index contributed by atoms with van der Waals surface area (Å²) >= 11 is 1.82. The van der Waals surface area contributed by atoms with E-state index in [9.17, 15) is 8.42 Å². The molecule has 21 heavy (non-hydrogen) atoms. The zero-order chi connectivity index (χ0) is 15.5. The first kappa shape index (κ1) is 16.8. The first-order chi connectivity index (χ1) is 9.93. The number of benzene rings is 1. The fourth-order valence-electron chi connectivity index (χ4n) is 2.41. The molecule has 0 bridgehead atoms. The molecule has 1 aliphatic rings. The highest BCUT2D eigenvalue weighted by Crippen LogP contribution is 2.26. The van der Waals surface area contributed by atoms with E-state index in [4.69, 9.17) is 0 Å². The minimum atomic E-state index is -3.41. The van der Waals surface area contributed by atoms with Crippen LogP contribution in [-0.2, 0) is 16.6 Å². The smallest absolute Gasteiger partial charge is 0.243 e. The maximum Gasteiger partial charge on any atom is 0.243 e. The van der Waals surface area contributed by atoms with E-state index in [-0.39, 0.29) is 6.04 Å².